The molecular weight excluding hydrogens is 746 g/mol. The van der Waals surface area contributed by atoms with E-state index in [1.54, 1.807) is 19.2 Å². The summed E-state index contributed by atoms with van der Waals surface area (Å²) in [5, 5.41) is 43.2. The van der Waals surface area contributed by atoms with Crippen LogP contribution in [-0.2, 0) is 21.6 Å². The first kappa shape index (κ1) is 40.2. The van der Waals surface area contributed by atoms with Crippen molar-refractivity contribution in [1.29, 1.82) is 0 Å². The average molecular weight is 796 g/mol. The van der Waals surface area contributed by atoms with Crippen LogP contribution in [-0.4, -0.2) is 84.0 Å². The van der Waals surface area contributed by atoms with Crippen LogP contribution in [0.25, 0.3) is 6.08 Å². The van der Waals surface area contributed by atoms with Gasteiger partial charge in [0.2, 0.25) is 5.60 Å². The van der Waals surface area contributed by atoms with Gasteiger partial charge in [0, 0.05) is 41.3 Å². The van der Waals surface area contributed by atoms with Gasteiger partial charge in [0.15, 0.2) is 0 Å². The Labute approximate surface area is 330 Å². The Hall–Kier alpha value is -3.49. The van der Waals surface area contributed by atoms with Crippen LogP contribution < -0.4 is 20.1 Å². The fraction of sp³-hybridized carbons (Fsp3) is 0.439. The number of anilines is 1. The van der Waals surface area contributed by atoms with Gasteiger partial charge >= 0.3 is 5.97 Å². The number of thiophene rings is 1. The molecule has 0 amide bonds. The number of fused-ring (bicyclic) bond motifs is 1. The van der Waals surface area contributed by atoms with Gasteiger partial charge in [-0.05, 0) is 105 Å². The molecule has 1 fully saturated rings. The number of carbonyl (C=O) groups excluding carboxylic acids is 1. The molecule has 290 valence electrons. The summed E-state index contributed by atoms with van der Waals surface area (Å²) >= 11 is 9.53. The van der Waals surface area contributed by atoms with Crippen LogP contribution in [0.1, 0.15) is 66.2 Å². The molecule has 0 spiro atoms. The van der Waals surface area contributed by atoms with Crippen LogP contribution in [0.3, 0.4) is 0 Å². The Kier molecular flexibility index (Phi) is 13.7. The second kappa shape index (κ2) is 18.4. The molecule has 2 aliphatic heterocycles. The van der Waals surface area contributed by atoms with Crippen molar-refractivity contribution in [3.8, 4) is 17.2 Å². The molecule has 1 saturated carbocycles. The molecule has 5 N–H and O–H groups in total. The van der Waals surface area contributed by atoms with E-state index in [4.69, 9.17) is 25.8 Å². The minimum absolute atomic E-state index is 0.108. The highest BCUT2D eigenvalue weighted by molar-refractivity contribution is 8.03. The van der Waals surface area contributed by atoms with Crippen molar-refractivity contribution in [3.63, 3.8) is 0 Å². The fourth-order valence-corrected chi connectivity index (χ4v) is 9.56. The number of allylic oxidation sites excluding steroid dienone is 2. The highest BCUT2D eigenvalue weighted by atomic mass is 35.5. The fourth-order valence-electron chi connectivity index (χ4n) is 7.32. The van der Waals surface area contributed by atoms with Gasteiger partial charge in [-0.15, -0.1) is 23.1 Å². The monoisotopic (exact) mass is 795 g/mol. The van der Waals surface area contributed by atoms with Crippen LogP contribution in [0.15, 0.2) is 71.6 Å². The SMILES string of the molecule is C=C1C=Cc2c([C@@H](O)CNCCc3cc(Cl)c(OCCCN(C)[C@H]4CC[C@H](OC(=O)C(O)(c5cccs5)C5CC=CS5)CC4)cc3OC)ccc(O)c2N1. The minimum atomic E-state index is -1.64. The number of hydrogen-bond acceptors (Lipinski definition) is 12. The van der Waals surface area contributed by atoms with Crippen molar-refractivity contribution in [1.82, 2.24) is 10.2 Å². The number of methoxy groups -OCH3 is 1. The maximum absolute atomic E-state index is 13.4. The number of nitrogens with one attached hydrogen (secondary N) is 2. The van der Waals surface area contributed by atoms with Gasteiger partial charge in [-0.25, -0.2) is 4.79 Å². The number of benzene rings is 2. The maximum Gasteiger partial charge on any atom is 0.345 e. The van der Waals surface area contributed by atoms with Crippen LogP contribution in [0, 0.1) is 0 Å². The topological polar surface area (TPSA) is 133 Å². The van der Waals surface area contributed by atoms with Gasteiger partial charge in [-0.1, -0.05) is 42.5 Å². The number of nitrogens with zero attached hydrogens (tertiary/aromatic N) is 1. The van der Waals surface area contributed by atoms with E-state index in [1.165, 1.54) is 23.1 Å². The number of halogens is 1. The molecule has 0 saturated heterocycles. The average Bonchev–Trinajstić information content (AvgIpc) is 3.92. The number of hydrogen-bond donors (Lipinski definition) is 5. The van der Waals surface area contributed by atoms with Gasteiger partial charge in [-0.2, -0.15) is 0 Å². The molecule has 10 nitrogen and oxygen atoms in total. The van der Waals surface area contributed by atoms with Gasteiger partial charge < -0.3 is 45.1 Å². The highest BCUT2D eigenvalue weighted by Gasteiger charge is 2.49. The van der Waals surface area contributed by atoms with Crippen LogP contribution in [0.2, 0.25) is 5.02 Å². The van der Waals surface area contributed by atoms with Crippen LogP contribution in [0.5, 0.6) is 17.2 Å². The Morgan fingerprint density at radius 1 is 1.19 bits per heavy atom. The molecule has 6 rings (SSSR count). The third-order valence-electron chi connectivity index (χ3n) is 10.4. The van der Waals surface area contributed by atoms with Crippen molar-refractivity contribution in [2.75, 3.05) is 45.7 Å². The van der Waals surface area contributed by atoms with Gasteiger partial charge in [0.05, 0.1) is 35.8 Å². The molecule has 3 aliphatic rings. The molecule has 2 unspecified atom stereocenters. The highest BCUT2D eigenvalue weighted by Crippen LogP contribution is 2.43. The molecule has 2 aromatic carbocycles. The van der Waals surface area contributed by atoms with Crippen LogP contribution >= 0.6 is 34.7 Å². The second-order valence-corrected chi connectivity index (χ2v) is 16.5. The number of aliphatic hydroxyl groups excluding tert-OH is 1. The van der Waals surface area contributed by atoms with E-state index in [2.05, 4.69) is 29.2 Å². The third kappa shape index (κ3) is 9.30. The van der Waals surface area contributed by atoms with Crippen molar-refractivity contribution in [2.24, 2.45) is 0 Å². The number of esters is 1. The number of aliphatic hydroxyl groups is 2. The smallest absolute Gasteiger partial charge is 0.345 e. The number of rotatable bonds is 17. The summed E-state index contributed by atoms with van der Waals surface area (Å²) in [5.74, 6) is 0.823. The zero-order valence-electron chi connectivity index (χ0n) is 30.8. The molecule has 3 aromatic rings. The lowest BCUT2D eigenvalue weighted by Gasteiger charge is -2.36. The predicted molar refractivity (Wildman–Crippen MR) is 218 cm³/mol. The first-order valence-corrected chi connectivity index (χ1v) is 20.6. The third-order valence-corrected chi connectivity index (χ3v) is 12.9. The largest absolute Gasteiger partial charge is 0.506 e. The molecule has 3 heterocycles. The summed E-state index contributed by atoms with van der Waals surface area (Å²) in [4.78, 5) is 16.4. The summed E-state index contributed by atoms with van der Waals surface area (Å²) in [6.07, 6.45) is 10.1. The van der Waals surface area contributed by atoms with Gasteiger partial charge in [-0.3, -0.25) is 0 Å². The Bertz CT molecular complexity index is 1820. The van der Waals surface area contributed by atoms with Crippen molar-refractivity contribution in [3.05, 3.63) is 98.2 Å². The predicted octanol–water partition coefficient (Wildman–Crippen LogP) is 7.40. The molecular formula is C41H50ClN3O7S2. The van der Waals surface area contributed by atoms with E-state index >= 15 is 0 Å². The summed E-state index contributed by atoms with van der Waals surface area (Å²) in [6.45, 7) is 6.13. The maximum atomic E-state index is 13.4. The first-order chi connectivity index (χ1) is 26.1. The molecule has 1 aliphatic carbocycles. The second-order valence-electron chi connectivity index (χ2n) is 14.0. The number of phenols is 1. The van der Waals surface area contributed by atoms with Gasteiger partial charge in [0.1, 0.15) is 23.4 Å². The van der Waals surface area contributed by atoms with Crippen molar-refractivity contribution >= 4 is 52.4 Å². The first-order valence-electron chi connectivity index (χ1n) is 18.4. The summed E-state index contributed by atoms with van der Waals surface area (Å²) < 4.78 is 17.7. The molecule has 0 bridgehead atoms. The summed E-state index contributed by atoms with van der Waals surface area (Å²) in [5.41, 5.74) is 1.95. The van der Waals surface area contributed by atoms with Crippen molar-refractivity contribution in [2.45, 2.75) is 74.0 Å². The number of phenolic OH excluding ortho intramolecular Hbond substituents is 1. The number of thioether (sulfide) groups is 1. The van der Waals surface area contributed by atoms with E-state index in [-0.39, 0.29) is 17.1 Å². The lowest BCUT2D eigenvalue weighted by atomic mass is 9.91. The molecule has 54 heavy (non-hydrogen) atoms. The normalized spacial score (nSPS) is 21.0. The summed E-state index contributed by atoms with van der Waals surface area (Å²) in [6, 6.07) is 11.1. The zero-order chi connectivity index (χ0) is 38.2. The van der Waals surface area contributed by atoms with E-state index in [9.17, 15) is 20.1 Å². The van der Waals surface area contributed by atoms with Crippen LogP contribution in [0.4, 0.5) is 5.69 Å². The molecule has 1 aromatic heterocycles. The van der Waals surface area contributed by atoms with E-state index in [1.807, 2.05) is 53.3 Å². The van der Waals surface area contributed by atoms with E-state index in [0.717, 1.165) is 49.8 Å². The Balaban J connectivity index is 0.913. The molecule has 0 radical (unpaired) electrons. The van der Waals surface area contributed by atoms with E-state index in [0.29, 0.717) is 76.9 Å². The number of ether oxygens (including phenoxy) is 3. The van der Waals surface area contributed by atoms with E-state index < -0.39 is 17.7 Å². The lowest BCUT2D eigenvalue weighted by molar-refractivity contribution is -0.174. The Morgan fingerprint density at radius 3 is 2.72 bits per heavy atom. The number of aromatic hydroxyl groups is 1. The molecule has 3 atom stereocenters. The Morgan fingerprint density at radius 2 is 2.00 bits per heavy atom. The lowest BCUT2D eigenvalue weighted by Crippen LogP contribution is -2.47. The minimum Gasteiger partial charge on any atom is -0.506 e. The summed E-state index contributed by atoms with van der Waals surface area (Å²) in [7, 11) is 3.75. The zero-order valence-corrected chi connectivity index (χ0v) is 33.2. The van der Waals surface area contributed by atoms with Crippen molar-refractivity contribution < 1.29 is 34.3 Å². The standard InChI is InChI=1S/C41H50ClN3O7S2/c1-26-9-14-31-30(15-16-33(46)39(31)44-26)34(47)25-43-18-17-27-23-32(42)36(24-35(27)50-3)51-20-6-19-45(2)28-10-12-29(13-11-28)52-40(48)41(49,37-7-4-21-53-37)38-8-5-22-54-38/h4-5,7,9,14-16,21-24,28-29,34,38,43-44,46-47,49H,1,6,8,10-13,17-20,25H2,2-3H3/t28-,29-,34-,38?,41?/m0/s1. The molecule has 13 heteroatoms. The van der Waals surface area contributed by atoms with Gasteiger partial charge in [0.25, 0.3) is 0 Å². The number of carbonyl (C=O) groups is 1. The quantitative estimate of drug-likeness (QED) is 0.0532.